The summed E-state index contributed by atoms with van der Waals surface area (Å²) in [6.07, 6.45) is 3.52. The van der Waals surface area contributed by atoms with E-state index in [9.17, 15) is 8.42 Å². The van der Waals surface area contributed by atoms with Crippen molar-refractivity contribution in [3.63, 3.8) is 0 Å². The van der Waals surface area contributed by atoms with E-state index < -0.39 is 9.84 Å². The molecule has 3 heterocycles. The molecule has 0 aliphatic rings. The van der Waals surface area contributed by atoms with Crippen LogP contribution in [0.2, 0.25) is 0 Å². The first-order valence-corrected chi connectivity index (χ1v) is 10.7. The second-order valence-electron chi connectivity index (χ2n) is 6.56. The van der Waals surface area contributed by atoms with Gasteiger partial charge in [-0.25, -0.2) is 18.4 Å². The van der Waals surface area contributed by atoms with Gasteiger partial charge in [0.2, 0.25) is 5.95 Å². The van der Waals surface area contributed by atoms with E-state index in [4.69, 9.17) is 4.98 Å². The minimum absolute atomic E-state index is 0.0145. The van der Waals surface area contributed by atoms with E-state index in [1.807, 2.05) is 53.9 Å². The van der Waals surface area contributed by atoms with Gasteiger partial charge in [-0.05, 0) is 18.6 Å². The third-order valence-corrected chi connectivity index (χ3v) is 6.04. The molecule has 0 spiro atoms. The molecule has 0 saturated heterocycles. The van der Waals surface area contributed by atoms with Gasteiger partial charge in [0, 0.05) is 41.5 Å². The number of H-pyrrole nitrogens is 1. The molecule has 2 N–H and O–H groups in total. The number of anilines is 2. The van der Waals surface area contributed by atoms with Crippen molar-refractivity contribution in [3.8, 4) is 11.3 Å². The van der Waals surface area contributed by atoms with Crippen molar-refractivity contribution >= 4 is 27.3 Å². The summed E-state index contributed by atoms with van der Waals surface area (Å²) in [5.74, 6) is 1.36. The Labute approximate surface area is 162 Å². The lowest BCUT2D eigenvalue weighted by Gasteiger charge is -2.10. The molecule has 0 amide bonds. The lowest BCUT2D eigenvalue weighted by molar-refractivity contribution is 0.596. The summed E-state index contributed by atoms with van der Waals surface area (Å²) in [5.41, 5.74) is 3.93. The molecule has 0 unspecified atom stereocenters. The van der Waals surface area contributed by atoms with E-state index in [-0.39, 0.29) is 11.5 Å². The van der Waals surface area contributed by atoms with Crippen LogP contribution in [0.3, 0.4) is 0 Å². The van der Waals surface area contributed by atoms with Gasteiger partial charge in [0.15, 0.2) is 15.7 Å². The molecule has 4 rings (SSSR count). The third-order valence-electron chi connectivity index (χ3n) is 4.38. The van der Waals surface area contributed by atoms with Gasteiger partial charge in [-0.3, -0.25) is 9.50 Å². The molecule has 0 aliphatic carbocycles. The van der Waals surface area contributed by atoms with Gasteiger partial charge in [0.25, 0.3) is 0 Å². The predicted octanol–water partition coefficient (Wildman–Crippen LogP) is 3.11. The second-order valence-corrected chi connectivity index (χ2v) is 8.91. The average molecular weight is 396 g/mol. The molecule has 0 atom stereocenters. The number of nitrogens with one attached hydrogen (secondary N) is 2. The van der Waals surface area contributed by atoms with Crippen LogP contribution in [0.25, 0.3) is 16.9 Å². The van der Waals surface area contributed by atoms with Gasteiger partial charge in [0.1, 0.15) is 5.65 Å². The summed E-state index contributed by atoms with van der Waals surface area (Å²) in [6, 6.07) is 11.2. The van der Waals surface area contributed by atoms with Crippen LogP contribution in [0.15, 0.2) is 48.8 Å². The highest BCUT2D eigenvalue weighted by atomic mass is 32.2. The fourth-order valence-corrected chi connectivity index (χ4v) is 3.82. The third kappa shape index (κ3) is 3.74. The number of aromatic amines is 1. The summed E-state index contributed by atoms with van der Waals surface area (Å²) in [5, 5.41) is 10.3. The Bertz CT molecular complexity index is 1240. The van der Waals surface area contributed by atoms with Crippen molar-refractivity contribution in [2.45, 2.75) is 19.6 Å². The topological polar surface area (TPSA) is 105 Å². The van der Waals surface area contributed by atoms with E-state index in [0.717, 1.165) is 22.5 Å². The van der Waals surface area contributed by atoms with Crippen molar-refractivity contribution < 1.29 is 8.42 Å². The molecule has 0 saturated carbocycles. The summed E-state index contributed by atoms with van der Waals surface area (Å²) >= 11 is 0. The number of benzene rings is 1. The van der Waals surface area contributed by atoms with Crippen molar-refractivity contribution in [2.75, 3.05) is 11.1 Å². The minimum Gasteiger partial charge on any atom is -0.308 e. The molecule has 144 valence electrons. The van der Waals surface area contributed by atoms with E-state index in [0.29, 0.717) is 17.5 Å². The minimum atomic E-state index is -3.10. The SMILES string of the molecule is CCS(=O)(=O)Cc1cccc(-c2cc3nccn3c(Nc3cc(C)[nH]n3)n2)c1. The zero-order chi connectivity index (χ0) is 19.7. The van der Waals surface area contributed by atoms with Gasteiger partial charge in [0.05, 0.1) is 11.4 Å². The largest absolute Gasteiger partial charge is 0.308 e. The highest BCUT2D eigenvalue weighted by Gasteiger charge is 2.13. The molecule has 0 aliphatic heterocycles. The maximum atomic E-state index is 12.0. The normalized spacial score (nSPS) is 11.8. The Kier molecular flexibility index (Phi) is 4.60. The number of imidazole rings is 1. The van der Waals surface area contributed by atoms with E-state index in [2.05, 4.69) is 20.5 Å². The smallest absolute Gasteiger partial charge is 0.214 e. The molecule has 0 fully saturated rings. The maximum Gasteiger partial charge on any atom is 0.214 e. The summed E-state index contributed by atoms with van der Waals surface area (Å²) in [4.78, 5) is 9.08. The van der Waals surface area contributed by atoms with E-state index in [1.54, 1.807) is 13.1 Å². The van der Waals surface area contributed by atoms with Crippen molar-refractivity contribution in [3.05, 3.63) is 60.0 Å². The molecule has 9 heteroatoms. The number of fused-ring (bicyclic) bond motifs is 1. The van der Waals surface area contributed by atoms with Crippen LogP contribution >= 0.6 is 0 Å². The van der Waals surface area contributed by atoms with Gasteiger partial charge < -0.3 is 5.32 Å². The number of hydrogen-bond donors (Lipinski definition) is 2. The molecular weight excluding hydrogens is 376 g/mol. The zero-order valence-corrected chi connectivity index (χ0v) is 16.4. The fourth-order valence-electron chi connectivity index (χ4n) is 2.93. The second kappa shape index (κ2) is 7.08. The van der Waals surface area contributed by atoms with Crippen LogP contribution in [-0.2, 0) is 15.6 Å². The average Bonchev–Trinajstić information content (AvgIpc) is 3.30. The van der Waals surface area contributed by atoms with Gasteiger partial charge >= 0.3 is 0 Å². The van der Waals surface area contributed by atoms with Crippen LogP contribution in [0.5, 0.6) is 0 Å². The molecule has 4 aromatic rings. The highest BCUT2D eigenvalue weighted by molar-refractivity contribution is 7.90. The summed E-state index contributed by atoms with van der Waals surface area (Å²) in [6.45, 7) is 3.58. The lowest BCUT2D eigenvalue weighted by Crippen LogP contribution is -2.06. The molecule has 1 aromatic carbocycles. The Morgan fingerprint density at radius 1 is 1.21 bits per heavy atom. The lowest BCUT2D eigenvalue weighted by atomic mass is 10.1. The van der Waals surface area contributed by atoms with Gasteiger partial charge in [-0.2, -0.15) is 5.10 Å². The number of hydrogen-bond acceptors (Lipinski definition) is 6. The Balaban J connectivity index is 1.75. The molecule has 3 aromatic heterocycles. The molecule has 28 heavy (non-hydrogen) atoms. The maximum absolute atomic E-state index is 12.0. The highest BCUT2D eigenvalue weighted by Crippen LogP contribution is 2.24. The van der Waals surface area contributed by atoms with Crippen molar-refractivity contribution in [1.29, 1.82) is 0 Å². The number of rotatable bonds is 6. The summed E-state index contributed by atoms with van der Waals surface area (Å²) in [7, 11) is -3.10. The fraction of sp³-hybridized carbons (Fsp3) is 0.211. The molecule has 8 nitrogen and oxygen atoms in total. The molecule has 0 radical (unpaired) electrons. The van der Waals surface area contributed by atoms with Gasteiger partial charge in [-0.15, -0.1) is 0 Å². The van der Waals surface area contributed by atoms with Crippen LogP contribution < -0.4 is 5.32 Å². The molecule has 0 bridgehead atoms. The summed E-state index contributed by atoms with van der Waals surface area (Å²) < 4.78 is 25.8. The van der Waals surface area contributed by atoms with Crippen LogP contribution in [0, 0.1) is 6.92 Å². The van der Waals surface area contributed by atoms with Gasteiger partial charge in [-0.1, -0.05) is 25.1 Å². The Hall–Kier alpha value is -3.20. The van der Waals surface area contributed by atoms with E-state index >= 15 is 0 Å². The number of aryl methyl sites for hydroxylation is 1. The first-order valence-electron chi connectivity index (χ1n) is 8.86. The zero-order valence-electron chi connectivity index (χ0n) is 15.5. The van der Waals surface area contributed by atoms with Crippen LogP contribution in [0.1, 0.15) is 18.2 Å². The first kappa shape index (κ1) is 18.2. The number of aromatic nitrogens is 5. The van der Waals surface area contributed by atoms with Crippen LogP contribution in [-0.4, -0.2) is 38.7 Å². The predicted molar refractivity (Wildman–Crippen MR) is 108 cm³/mol. The molecular formula is C19H20N6O2S. The first-order chi connectivity index (χ1) is 13.4. The standard InChI is InChI=1S/C19H20N6O2S/c1-3-28(26,27)12-14-5-4-6-15(10-14)16-11-18-20-7-8-25(18)19(21-16)22-17-9-13(2)23-24-17/h4-11H,3,12H2,1-2H3,(H2,21,22,23,24). The quantitative estimate of drug-likeness (QED) is 0.519. The van der Waals surface area contributed by atoms with Crippen LogP contribution in [0.4, 0.5) is 11.8 Å². The van der Waals surface area contributed by atoms with Crippen molar-refractivity contribution in [2.24, 2.45) is 0 Å². The Morgan fingerprint density at radius 3 is 2.82 bits per heavy atom. The van der Waals surface area contributed by atoms with E-state index in [1.165, 1.54) is 0 Å². The van der Waals surface area contributed by atoms with Crippen molar-refractivity contribution in [1.82, 2.24) is 24.6 Å². The number of sulfone groups is 1. The Morgan fingerprint density at radius 2 is 2.07 bits per heavy atom. The monoisotopic (exact) mass is 396 g/mol. The number of nitrogens with zero attached hydrogens (tertiary/aromatic N) is 4.